The van der Waals surface area contributed by atoms with Crippen molar-refractivity contribution in [2.45, 2.75) is 45.2 Å². The third-order valence-corrected chi connectivity index (χ3v) is 4.06. The molecule has 20 heavy (non-hydrogen) atoms. The zero-order valence-electron chi connectivity index (χ0n) is 11.9. The highest BCUT2D eigenvalue weighted by Gasteiger charge is 2.24. The predicted octanol–water partition coefficient (Wildman–Crippen LogP) is 1.34. The summed E-state index contributed by atoms with van der Waals surface area (Å²) in [6.45, 7) is 3.79. The summed E-state index contributed by atoms with van der Waals surface area (Å²) in [4.78, 5) is 16.8. The van der Waals surface area contributed by atoms with Crippen molar-refractivity contribution in [3.63, 3.8) is 0 Å². The molecular formula is C13H22N4O3. The molecule has 1 fully saturated rings. The molecule has 0 saturated heterocycles. The van der Waals surface area contributed by atoms with Gasteiger partial charge in [0, 0.05) is 26.1 Å². The van der Waals surface area contributed by atoms with E-state index >= 15 is 0 Å². The summed E-state index contributed by atoms with van der Waals surface area (Å²) in [6.07, 6.45) is 6.09. The first kappa shape index (κ1) is 14.9. The highest BCUT2D eigenvalue weighted by molar-refractivity contribution is 5.18. The van der Waals surface area contributed by atoms with Crippen molar-refractivity contribution in [1.82, 2.24) is 14.5 Å². The molecule has 0 aromatic carbocycles. The third-order valence-electron chi connectivity index (χ3n) is 4.06. The van der Waals surface area contributed by atoms with Crippen LogP contribution in [0.1, 0.15) is 31.5 Å². The van der Waals surface area contributed by atoms with Crippen molar-refractivity contribution < 1.29 is 10.0 Å². The first-order valence-electron chi connectivity index (χ1n) is 7.15. The number of nitrogens with zero attached hydrogens (tertiary/aromatic N) is 4. The first-order valence-corrected chi connectivity index (χ1v) is 7.15. The summed E-state index contributed by atoms with van der Waals surface area (Å²) in [5.41, 5.74) is 0. The molecule has 1 aliphatic carbocycles. The van der Waals surface area contributed by atoms with Crippen LogP contribution in [0, 0.1) is 17.0 Å². The van der Waals surface area contributed by atoms with Gasteiger partial charge >= 0.3 is 5.82 Å². The van der Waals surface area contributed by atoms with Crippen LogP contribution in [-0.4, -0.2) is 50.2 Å². The number of rotatable bonds is 7. The van der Waals surface area contributed by atoms with E-state index in [2.05, 4.69) is 9.88 Å². The predicted molar refractivity (Wildman–Crippen MR) is 74.5 cm³/mol. The van der Waals surface area contributed by atoms with Crippen molar-refractivity contribution >= 4 is 5.82 Å². The fourth-order valence-corrected chi connectivity index (χ4v) is 2.98. The van der Waals surface area contributed by atoms with Gasteiger partial charge in [0.25, 0.3) is 0 Å². The molecule has 0 amide bonds. The third kappa shape index (κ3) is 3.34. The smallest absolute Gasteiger partial charge is 0.342 e. The maximum absolute atomic E-state index is 11.0. The summed E-state index contributed by atoms with van der Waals surface area (Å²) in [6, 6.07) is 0.505. The fraction of sp³-hybridized carbons (Fsp3) is 0.769. The Bertz CT molecular complexity index is 454. The number of imidazole rings is 1. The SMILES string of the molecule is Cc1ncc([N+](=O)[O-])n1CCN(CCO)C1CCCC1. The number of hydrogen-bond acceptors (Lipinski definition) is 5. The molecular weight excluding hydrogens is 260 g/mol. The van der Waals surface area contributed by atoms with Crippen LogP contribution in [-0.2, 0) is 6.54 Å². The van der Waals surface area contributed by atoms with Gasteiger partial charge in [-0.2, -0.15) is 0 Å². The second kappa shape index (κ2) is 6.81. The van der Waals surface area contributed by atoms with E-state index in [-0.39, 0.29) is 12.4 Å². The molecule has 0 unspecified atom stereocenters. The number of aromatic nitrogens is 2. The number of aliphatic hydroxyl groups is 1. The molecule has 2 rings (SSSR count). The summed E-state index contributed by atoms with van der Waals surface area (Å²) in [5, 5.41) is 20.1. The molecule has 1 aliphatic rings. The van der Waals surface area contributed by atoms with Crippen LogP contribution in [0.3, 0.4) is 0 Å². The molecule has 1 heterocycles. The number of aryl methyl sites for hydroxylation is 1. The van der Waals surface area contributed by atoms with Gasteiger partial charge in [-0.3, -0.25) is 4.90 Å². The summed E-state index contributed by atoms with van der Waals surface area (Å²) in [5.74, 6) is 0.699. The van der Waals surface area contributed by atoms with E-state index in [1.165, 1.54) is 19.0 Å². The minimum atomic E-state index is -0.397. The van der Waals surface area contributed by atoms with Gasteiger partial charge in [0.1, 0.15) is 12.7 Å². The zero-order chi connectivity index (χ0) is 14.5. The van der Waals surface area contributed by atoms with Crippen molar-refractivity contribution in [3.8, 4) is 0 Å². The largest absolute Gasteiger partial charge is 0.395 e. The second-order valence-electron chi connectivity index (χ2n) is 5.27. The summed E-state index contributed by atoms with van der Waals surface area (Å²) in [7, 11) is 0. The lowest BCUT2D eigenvalue weighted by atomic mass is 10.2. The van der Waals surface area contributed by atoms with Gasteiger partial charge in [-0.05, 0) is 17.8 Å². The minimum Gasteiger partial charge on any atom is -0.395 e. The van der Waals surface area contributed by atoms with Gasteiger partial charge in [-0.25, -0.2) is 9.55 Å². The molecule has 1 aromatic heterocycles. The Morgan fingerprint density at radius 3 is 2.80 bits per heavy atom. The molecule has 0 atom stereocenters. The van der Waals surface area contributed by atoms with Crippen LogP contribution in [0.5, 0.6) is 0 Å². The molecule has 7 heteroatoms. The maximum Gasteiger partial charge on any atom is 0.342 e. The molecule has 0 bridgehead atoms. The van der Waals surface area contributed by atoms with Crippen molar-refractivity contribution in [2.24, 2.45) is 0 Å². The lowest BCUT2D eigenvalue weighted by Gasteiger charge is -2.27. The van der Waals surface area contributed by atoms with Crippen LogP contribution >= 0.6 is 0 Å². The van der Waals surface area contributed by atoms with E-state index in [0.29, 0.717) is 31.5 Å². The number of hydrogen-bond donors (Lipinski definition) is 1. The minimum absolute atomic E-state index is 0.0397. The number of nitro groups is 1. The Hall–Kier alpha value is -1.47. The second-order valence-corrected chi connectivity index (χ2v) is 5.27. The lowest BCUT2D eigenvalue weighted by molar-refractivity contribution is -0.392. The molecule has 0 aliphatic heterocycles. The average molecular weight is 282 g/mol. The molecule has 1 N–H and O–H groups in total. The normalized spacial score (nSPS) is 16.1. The van der Waals surface area contributed by atoms with Crippen LogP contribution in [0.4, 0.5) is 5.82 Å². The van der Waals surface area contributed by atoms with Gasteiger partial charge in [0.15, 0.2) is 5.82 Å². The fourth-order valence-electron chi connectivity index (χ4n) is 2.98. The van der Waals surface area contributed by atoms with Crippen LogP contribution in [0.25, 0.3) is 0 Å². The highest BCUT2D eigenvalue weighted by Crippen LogP contribution is 2.23. The Morgan fingerprint density at radius 2 is 2.20 bits per heavy atom. The molecule has 7 nitrogen and oxygen atoms in total. The molecule has 1 saturated carbocycles. The molecule has 1 aromatic rings. The summed E-state index contributed by atoms with van der Waals surface area (Å²) >= 11 is 0. The Morgan fingerprint density at radius 1 is 1.50 bits per heavy atom. The quantitative estimate of drug-likeness (QED) is 0.602. The van der Waals surface area contributed by atoms with Crippen LogP contribution in [0.15, 0.2) is 6.20 Å². The summed E-state index contributed by atoms with van der Waals surface area (Å²) < 4.78 is 1.64. The van der Waals surface area contributed by atoms with Gasteiger partial charge in [-0.1, -0.05) is 12.8 Å². The van der Waals surface area contributed by atoms with Crippen LogP contribution < -0.4 is 0 Å². The van der Waals surface area contributed by atoms with Gasteiger partial charge < -0.3 is 15.2 Å². The van der Waals surface area contributed by atoms with E-state index in [9.17, 15) is 15.2 Å². The van der Waals surface area contributed by atoms with E-state index < -0.39 is 4.92 Å². The van der Waals surface area contributed by atoms with Crippen molar-refractivity contribution in [3.05, 3.63) is 22.1 Å². The highest BCUT2D eigenvalue weighted by atomic mass is 16.6. The van der Waals surface area contributed by atoms with E-state index in [1.54, 1.807) is 11.5 Å². The first-order chi connectivity index (χ1) is 9.63. The molecule has 0 spiro atoms. The van der Waals surface area contributed by atoms with E-state index in [0.717, 1.165) is 12.8 Å². The molecule has 0 radical (unpaired) electrons. The lowest BCUT2D eigenvalue weighted by Crippen LogP contribution is -2.38. The van der Waals surface area contributed by atoms with Crippen molar-refractivity contribution in [2.75, 3.05) is 19.7 Å². The standard InChI is InChI=1S/C13H22N4O3/c1-11-14-10-13(17(19)20)16(11)7-6-15(8-9-18)12-4-2-3-5-12/h10,12,18H,2-9H2,1H3. The monoisotopic (exact) mass is 282 g/mol. The van der Waals surface area contributed by atoms with E-state index in [4.69, 9.17) is 0 Å². The Labute approximate surface area is 118 Å². The maximum atomic E-state index is 11.0. The number of aliphatic hydroxyl groups excluding tert-OH is 1. The van der Waals surface area contributed by atoms with Gasteiger partial charge in [0.05, 0.1) is 6.61 Å². The van der Waals surface area contributed by atoms with Crippen molar-refractivity contribution in [1.29, 1.82) is 0 Å². The van der Waals surface area contributed by atoms with Gasteiger partial charge in [-0.15, -0.1) is 0 Å². The zero-order valence-corrected chi connectivity index (χ0v) is 11.9. The topological polar surface area (TPSA) is 84.4 Å². The Balaban J connectivity index is 2.01. The van der Waals surface area contributed by atoms with Gasteiger partial charge in [0.2, 0.25) is 0 Å². The van der Waals surface area contributed by atoms with E-state index in [1.807, 2.05) is 0 Å². The Kier molecular flexibility index (Phi) is 5.08. The van der Waals surface area contributed by atoms with Crippen LogP contribution in [0.2, 0.25) is 0 Å². The molecule has 112 valence electrons. The average Bonchev–Trinajstić information content (AvgIpc) is 3.04.